The molecule has 5 nitrogen and oxygen atoms in total. The standard InChI is InChI=1S/C14H21N3O2/c1-10-6-7-13(14(8-10)17(18)19)16-11(2)4-3-5-12(16)9-15/h6-8,11-12H,3-5,9,15H2,1-2H3. The summed E-state index contributed by atoms with van der Waals surface area (Å²) in [7, 11) is 0. The van der Waals surface area contributed by atoms with E-state index in [9.17, 15) is 10.1 Å². The average molecular weight is 263 g/mol. The van der Waals surface area contributed by atoms with Gasteiger partial charge < -0.3 is 10.6 Å². The maximum absolute atomic E-state index is 11.3. The van der Waals surface area contributed by atoms with Gasteiger partial charge in [0.25, 0.3) is 5.69 Å². The van der Waals surface area contributed by atoms with Crippen LogP contribution < -0.4 is 10.6 Å². The van der Waals surface area contributed by atoms with Gasteiger partial charge in [0, 0.05) is 24.7 Å². The molecule has 1 fully saturated rings. The fourth-order valence-electron chi connectivity index (χ4n) is 2.95. The second-order valence-electron chi connectivity index (χ2n) is 5.33. The molecule has 1 heterocycles. The highest BCUT2D eigenvalue weighted by molar-refractivity contribution is 5.65. The van der Waals surface area contributed by atoms with E-state index < -0.39 is 0 Å². The van der Waals surface area contributed by atoms with Crippen molar-refractivity contribution in [1.29, 1.82) is 0 Å². The fourth-order valence-corrected chi connectivity index (χ4v) is 2.95. The van der Waals surface area contributed by atoms with E-state index in [-0.39, 0.29) is 16.7 Å². The molecule has 0 saturated carbocycles. The van der Waals surface area contributed by atoms with E-state index in [2.05, 4.69) is 11.8 Å². The summed E-state index contributed by atoms with van der Waals surface area (Å²) >= 11 is 0. The second kappa shape index (κ2) is 5.57. The normalized spacial score (nSPS) is 23.4. The number of hydrogen-bond acceptors (Lipinski definition) is 4. The van der Waals surface area contributed by atoms with E-state index in [0.29, 0.717) is 18.3 Å². The molecule has 5 heteroatoms. The lowest BCUT2D eigenvalue weighted by Gasteiger charge is -2.41. The van der Waals surface area contributed by atoms with Crippen LogP contribution >= 0.6 is 0 Å². The number of nitrogens with two attached hydrogens (primary N) is 1. The molecule has 0 radical (unpaired) electrons. The van der Waals surface area contributed by atoms with Crippen molar-refractivity contribution in [3.63, 3.8) is 0 Å². The van der Waals surface area contributed by atoms with Gasteiger partial charge in [0.1, 0.15) is 5.69 Å². The number of nitro groups is 1. The van der Waals surface area contributed by atoms with E-state index >= 15 is 0 Å². The summed E-state index contributed by atoms with van der Waals surface area (Å²) in [5, 5.41) is 11.3. The van der Waals surface area contributed by atoms with Crippen molar-refractivity contribution in [2.75, 3.05) is 11.4 Å². The zero-order valence-corrected chi connectivity index (χ0v) is 11.5. The maximum Gasteiger partial charge on any atom is 0.292 e. The van der Waals surface area contributed by atoms with E-state index in [1.54, 1.807) is 6.07 Å². The minimum atomic E-state index is -0.294. The first-order valence-electron chi connectivity index (χ1n) is 6.78. The van der Waals surface area contributed by atoms with Gasteiger partial charge in [-0.3, -0.25) is 10.1 Å². The van der Waals surface area contributed by atoms with Crippen LogP contribution in [-0.2, 0) is 0 Å². The number of hydrogen-bond donors (Lipinski definition) is 1. The molecular weight excluding hydrogens is 242 g/mol. The van der Waals surface area contributed by atoms with Crippen LogP contribution in [0.3, 0.4) is 0 Å². The molecule has 1 aliphatic heterocycles. The van der Waals surface area contributed by atoms with Crippen LogP contribution in [0.5, 0.6) is 0 Å². The Morgan fingerprint density at radius 2 is 2.21 bits per heavy atom. The molecule has 1 aromatic carbocycles. The maximum atomic E-state index is 11.3. The van der Waals surface area contributed by atoms with Gasteiger partial charge >= 0.3 is 0 Å². The highest BCUT2D eigenvalue weighted by Gasteiger charge is 2.31. The monoisotopic (exact) mass is 263 g/mol. The Kier molecular flexibility index (Phi) is 4.04. The van der Waals surface area contributed by atoms with Gasteiger partial charge in [-0.05, 0) is 44.7 Å². The van der Waals surface area contributed by atoms with Gasteiger partial charge in [-0.2, -0.15) is 0 Å². The minimum absolute atomic E-state index is 0.187. The van der Waals surface area contributed by atoms with Crippen molar-refractivity contribution in [2.45, 2.75) is 45.2 Å². The van der Waals surface area contributed by atoms with E-state index in [0.717, 1.165) is 24.8 Å². The molecular formula is C14H21N3O2. The zero-order chi connectivity index (χ0) is 14.0. The van der Waals surface area contributed by atoms with Crippen molar-refractivity contribution in [1.82, 2.24) is 0 Å². The number of rotatable bonds is 3. The van der Waals surface area contributed by atoms with Gasteiger partial charge in [-0.1, -0.05) is 6.07 Å². The Bertz CT molecular complexity index is 476. The summed E-state index contributed by atoms with van der Waals surface area (Å²) in [6, 6.07) is 5.92. The van der Waals surface area contributed by atoms with Crippen molar-refractivity contribution in [2.24, 2.45) is 5.73 Å². The van der Waals surface area contributed by atoms with E-state index in [1.165, 1.54) is 0 Å². The number of nitrogens with zero attached hydrogens (tertiary/aromatic N) is 2. The first-order valence-corrected chi connectivity index (χ1v) is 6.78. The van der Waals surface area contributed by atoms with Crippen LogP contribution in [0.25, 0.3) is 0 Å². The lowest BCUT2D eigenvalue weighted by Crippen LogP contribution is -2.49. The Morgan fingerprint density at radius 1 is 1.47 bits per heavy atom. The van der Waals surface area contributed by atoms with Crippen LogP contribution in [0, 0.1) is 17.0 Å². The quantitative estimate of drug-likeness (QED) is 0.672. The van der Waals surface area contributed by atoms with Crippen molar-refractivity contribution in [3.8, 4) is 0 Å². The number of piperidine rings is 1. The second-order valence-corrected chi connectivity index (χ2v) is 5.33. The molecule has 0 amide bonds. The number of anilines is 1. The third-order valence-corrected chi connectivity index (χ3v) is 3.91. The highest BCUT2D eigenvalue weighted by atomic mass is 16.6. The fraction of sp³-hybridized carbons (Fsp3) is 0.571. The number of benzene rings is 1. The van der Waals surface area contributed by atoms with Crippen LogP contribution in [0.4, 0.5) is 11.4 Å². The molecule has 0 aliphatic carbocycles. The zero-order valence-electron chi connectivity index (χ0n) is 11.5. The van der Waals surface area contributed by atoms with Gasteiger partial charge in [0.2, 0.25) is 0 Å². The summed E-state index contributed by atoms with van der Waals surface area (Å²) in [6.45, 7) is 4.53. The molecule has 0 aromatic heterocycles. The van der Waals surface area contributed by atoms with Gasteiger partial charge in [-0.15, -0.1) is 0 Å². The van der Waals surface area contributed by atoms with Gasteiger partial charge in [0.05, 0.1) is 4.92 Å². The smallest absolute Gasteiger partial charge is 0.292 e. The molecule has 2 rings (SSSR count). The molecule has 1 saturated heterocycles. The SMILES string of the molecule is Cc1ccc(N2C(C)CCCC2CN)c([N+](=O)[O-])c1. The highest BCUT2D eigenvalue weighted by Crippen LogP contribution is 2.35. The van der Waals surface area contributed by atoms with Crippen molar-refractivity contribution in [3.05, 3.63) is 33.9 Å². The van der Waals surface area contributed by atoms with Crippen LogP contribution in [0.2, 0.25) is 0 Å². The molecule has 0 spiro atoms. The third-order valence-electron chi connectivity index (χ3n) is 3.91. The Labute approximate surface area is 113 Å². The molecule has 2 atom stereocenters. The summed E-state index contributed by atoms with van der Waals surface area (Å²) in [6.07, 6.45) is 3.20. The number of aryl methyl sites for hydroxylation is 1. The predicted molar refractivity (Wildman–Crippen MR) is 76.5 cm³/mol. The Morgan fingerprint density at radius 3 is 2.84 bits per heavy atom. The minimum Gasteiger partial charge on any atom is -0.359 e. The summed E-state index contributed by atoms with van der Waals surface area (Å²) in [4.78, 5) is 13.1. The van der Waals surface area contributed by atoms with Gasteiger partial charge in [-0.25, -0.2) is 0 Å². The molecule has 0 bridgehead atoms. The van der Waals surface area contributed by atoms with Crippen molar-refractivity contribution >= 4 is 11.4 Å². The molecule has 2 N–H and O–H groups in total. The Balaban J connectivity index is 2.46. The van der Waals surface area contributed by atoms with Crippen molar-refractivity contribution < 1.29 is 4.92 Å². The molecule has 104 valence electrons. The van der Waals surface area contributed by atoms with Crippen LogP contribution in [0.15, 0.2) is 18.2 Å². The molecule has 19 heavy (non-hydrogen) atoms. The largest absolute Gasteiger partial charge is 0.359 e. The van der Waals surface area contributed by atoms with Crippen LogP contribution in [0.1, 0.15) is 31.7 Å². The molecule has 1 aromatic rings. The first kappa shape index (κ1) is 13.8. The lowest BCUT2D eigenvalue weighted by molar-refractivity contribution is -0.384. The summed E-state index contributed by atoms with van der Waals surface area (Å²) in [5.74, 6) is 0. The first-order chi connectivity index (χ1) is 9.04. The lowest BCUT2D eigenvalue weighted by atomic mass is 9.95. The van der Waals surface area contributed by atoms with E-state index in [4.69, 9.17) is 5.73 Å². The summed E-state index contributed by atoms with van der Waals surface area (Å²) < 4.78 is 0. The molecule has 2 unspecified atom stereocenters. The summed E-state index contributed by atoms with van der Waals surface area (Å²) in [5.41, 5.74) is 7.64. The predicted octanol–water partition coefficient (Wildman–Crippen LogP) is 2.61. The molecule has 1 aliphatic rings. The topological polar surface area (TPSA) is 72.4 Å². The van der Waals surface area contributed by atoms with Gasteiger partial charge in [0.15, 0.2) is 0 Å². The number of nitro benzene ring substituents is 1. The van der Waals surface area contributed by atoms with Crippen LogP contribution in [-0.4, -0.2) is 23.6 Å². The van der Waals surface area contributed by atoms with E-state index in [1.807, 2.05) is 19.1 Å². The third kappa shape index (κ3) is 2.71. The average Bonchev–Trinajstić information content (AvgIpc) is 2.38. The Hall–Kier alpha value is -1.62.